The normalized spacial score (nSPS) is 12.8. The molecule has 0 amide bonds. The summed E-state index contributed by atoms with van der Waals surface area (Å²) in [6, 6.07) is 60.5. The van der Waals surface area contributed by atoms with E-state index in [-0.39, 0.29) is 29.7 Å². The first-order valence-electron chi connectivity index (χ1n) is 20.1. The molecule has 0 saturated heterocycles. The largest absolute Gasteiger partial charge is 0.0629 e. The quantitative estimate of drug-likeness (QED) is 0.127. The van der Waals surface area contributed by atoms with E-state index in [1.807, 2.05) is 18.2 Å². The zero-order valence-electron chi connectivity index (χ0n) is 33.2. The average Bonchev–Trinajstić information content (AvgIpc) is 3.27. The van der Waals surface area contributed by atoms with E-state index in [4.69, 9.17) is 6.85 Å². The maximum absolute atomic E-state index is 8.67. The Kier molecular flexibility index (Phi) is 6.08. The molecule has 0 heteroatoms. The van der Waals surface area contributed by atoms with E-state index in [2.05, 4.69) is 158 Å². The van der Waals surface area contributed by atoms with Crippen LogP contribution >= 0.6 is 0 Å². The molecule has 0 nitrogen and oxygen atoms in total. The van der Waals surface area contributed by atoms with Gasteiger partial charge in [-0.15, -0.1) is 0 Å². The fourth-order valence-corrected chi connectivity index (χ4v) is 8.00. The van der Waals surface area contributed by atoms with Crippen molar-refractivity contribution in [3.8, 4) is 55.6 Å². The van der Waals surface area contributed by atoms with Crippen LogP contribution < -0.4 is 0 Å². The van der Waals surface area contributed by atoms with Gasteiger partial charge in [0.15, 0.2) is 0 Å². The number of fused-ring (bicyclic) bond motifs is 5. The van der Waals surface area contributed by atoms with Crippen molar-refractivity contribution in [2.45, 2.75) is 0 Å². The van der Waals surface area contributed by atoms with Gasteiger partial charge in [0.2, 0.25) is 0 Å². The number of hydrogen-bond donors (Lipinski definition) is 0. The smallest absolute Gasteiger partial charge is 0.0622 e. The summed E-state index contributed by atoms with van der Waals surface area (Å²) in [5, 5.41) is 8.65. The van der Waals surface area contributed by atoms with Gasteiger partial charge in [-0.3, -0.25) is 0 Å². The molecule has 0 spiro atoms. The van der Waals surface area contributed by atoms with Crippen LogP contribution in [0, 0.1) is 0 Å². The van der Waals surface area contributed by atoms with Crippen LogP contribution in [0.3, 0.4) is 0 Å². The highest BCUT2D eigenvalue weighted by atomic mass is 14.2. The highest BCUT2D eigenvalue weighted by Crippen LogP contribution is 2.49. The second-order valence-corrected chi connectivity index (χ2v) is 13.2. The Balaban J connectivity index is 1.27. The Hall–Kier alpha value is -6.76. The SMILES string of the molecule is [2H]c1c([2H])c([2H])c(-c2ccc3ccc4ccc(-c5c6ccccc6c(-c6c(-c7ccccc7)cccc6-c6ccccc6)c6ccccc56)cc4c3c2)c([2H])c1[2H]. The van der Waals surface area contributed by atoms with Gasteiger partial charge in [-0.25, -0.2) is 0 Å². The van der Waals surface area contributed by atoms with Crippen LogP contribution in [0.15, 0.2) is 206 Å². The maximum Gasteiger partial charge on any atom is 0.0629 e. The van der Waals surface area contributed by atoms with Gasteiger partial charge < -0.3 is 0 Å². The molecule has 0 atom stereocenters. The molecule has 0 saturated carbocycles. The molecule has 242 valence electrons. The van der Waals surface area contributed by atoms with Crippen LogP contribution in [0.1, 0.15) is 6.85 Å². The molecule has 0 aromatic heterocycles. The Morgan fingerprint density at radius 2 is 0.712 bits per heavy atom. The predicted octanol–water partition coefficient (Wildman–Crippen LogP) is 14.6. The minimum absolute atomic E-state index is 0.203. The second kappa shape index (κ2) is 12.5. The van der Waals surface area contributed by atoms with Crippen molar-refractivity contribution >= 4 is 43.1 Å². The van der Waals surface area contributed by atoms with Crippen LogP contribution in [0.25, 0.3) is 98.7 Å². The molecular formula is C52H34. The predicted molar refractivity (Wildman–Crippen MR) is 224 cm³/mol. The average molecular weight is 664 g/mol. The second-order valence-electron chi connectivity index (χ2n) is 13.2. The molecule has 52 heavy (non-hydrogen) atoms. The van der Waals surface area contributed by atoms with Crippen molar-refractivity contribution in [1.82, 2.24) is 0 Å². The first kappa shape index (κ1) is 25.2. The van der Waals surface area contributed by atoms with Crippen molar-refractivity contribution in [3.05, 3.63) is 206 Å². The first-order valence-corrected chi connectivity index (χ1v) is 17.6. The summed E-state index contributed by atoms with van der Waals surface area (Å²) in [4.78, 5) is 0. The van der Waals surface area contributed by atoms with Gasteiger partial charge in [0.25, 0.3) is 0 Å². The van der Waals surface area contributed by atoms with E-state index < -0.39 is 6.04 Å². The lowest BCUT2D eigenvalue weighted by Crippen LogP contribution is -1.95. The lowest BCUT2D eigenvalue weighted by Gasteiger charge is -2.22. The summed E-state index contributed by atoms with van der Waals surface area (Å²) >= 11 is 0. The lowest BCUT2D eigenvalue weighted by molar-refractivity contribution is 1.58. The molecule has 0 fully saturated rings. The zero-order chi connectivity index (χ0) is 38.8. The van der Waals surface area contributed by atoms with E-state index in [1.165, 1.54) is 22.3 Å². The molecular weight excluding hydrogens is 625 g/mol. The Labute approximate surface area is 310 Å². The van der Waals surface area contributed by atoms with Crippen LogP contribution in [0.5, 0.6) is 0 Å². The van der Waals surface area contributed by atoms with Crippen LogP contribution in [0.2, 0.25) is 0 Å². The summed E-state index contributed by atoms with van der Waals surface area (Å²) in [6.07, 6.45) is 0. The van der Waals surface area contributed by atoms with Crippen molar-refractivity contribution in [1.29, 1.82) is 0 Å². The number of benzene rings is 10. The van der Waals surface area contributed by atoms with Gasteiger partial charge in [0, 0.05) is 0 Å². The van der Waals surface area contributed by atoms with Crippen molar-refractivity contribution in [2.24, 2.45) is 0 Å². The summed E-state index contributed by atoms with van der Waals surface area (Å²) < 4.78 is 42.1. The van der Waals surface area contributed by atoms with E-state index in [0.717, 1.165) is 65.3 Å². The Morgan fingerprint density at radius 1 is 0.269 bits per heavy atom. The molecule has 0 radical (unpaired) electrons. The molecule has 10 rings (SSSR count). The fourth-order valence-electron chi connectivity index (χ4n) is 8.00. The molecule has 0 aliphatic rings. The molecule has 0 heterocycles. The van der Waals surface area contributed by atoms with Crippen LogP contribution in [-0.4, -0.2) is 0 Å². The molecule has 10 aromatic rings. The van der Waals surface area contributed by atoms with Gasteiger partial charge in [0.05, 0.1) is 6.85 Å². The summed E-state index contributed by atoms with van der Waals surface area (Å²) in [6.45, 7) is 0. The summed E-state index contributed by atoms with van der Waals surface area (Å²) in [5.41, 5.74) is 10.1. The third-order valence-corrected chi connectivity index (χ3v) is 10.3. The van der Waals surface area contributed by atoms with Crippen LogP contribution in [0.4, 0.5) is 0 Å². The third-order valence-electron chi connectivity index (χ3n) is 10.3. The first-order chi connectivity index (χ1) is 27.9. The third kappa shape index (κ3) is 5.00. The van der Waals surface area contributed by atoms with E-state index >= 15 is 0 Å². The summed E-state index contributed by atoms with van der Waals surface area (Å²) in [5.74, 6) is 0. The summed E-state index contributed by atoms with van der Waals surface area (Å²) in [7, 11) is 0. The highest BCUT2D eigenvalue weighted by Gasteiger charge is 2.22. The van der Waals surface area contributed by atoms with Gasteiger partial charge in [-0.2, -0.15) is 0 Å². The molecule has 0 aliphatic heterocycles. The van der Waals surface area contributed by atoms with Crippen molar-refractivity contribution in [2.75, 3.05) is 0 Å². The molecule has 10 aromatic carbocycles. The fraction of sp³-hybridized carbons (Fsp3) is 0. The Morgan fingerprint density at radius 3 is 1.25 bits per heavy atom. The molecule has 0 unspecified atom stereocenters. The van der Waals surface area contributed by atoms with Gasteiger partial charge >= 0.3 is 0 Å². The van der Waals surface area contributed by atoms with E-state index in [1.54, 1.807) is 0 Å². The van der Waals surface area contributed by atoms with Gasteiger partial charge in [-0.05, 0) is 111 Å². The Bertz CT molecular complexity index is 3080. The molecule has 0 bridgehead atoms. The standard InChI is InChI=1S/C52H34/c1-4-15-35(16-5-1)40-31-29-38-27-28-39-30-32-41(34-49(39)48(38)33-40)50-44-21-10-12-23-46(44)52(47-24-13-11-22-45(47)50)51-42(36-17-6-2-7-18-36)25-14-26-43(51)37-19-8-3-9-20-37/h1-34H/i1D,4D,5D,15D,16D. The zero-order valence-corrected chi connectivity index (χ0v) is 28.2. The minimum atomic E-state index is -0.394. The monoisotopic (exact) mass is 663 g/mol. The molecule has 0 N–H and O–H groups in total. The van der Waals surface area contributed by atoms with E-state index in [0.29, 0.717) is 5.56 Å². The number of hydrogen-bond acceptors (Lipinski definition) is 0. The van der Waals surface area contributed by atoms with Gasteiger partial charge in [0.1, 0.15) is 0 Å². The van der Waals surface area contributed by atoms with Crippen LogP contribution in [-0.2, 0) is 0 Å². The van der Waals surface area contributed by atoms with E-state index in [9.17, 15) is 0 Å². The van der Waals surface area contributed by atoms with Crippen molar-refractivity contribution in [3.63, 3.8) is 0 Å². The molecule has 0 aliphatic carbocycles. The topological polar surface area (TPSA) is 0 Å². The highest BCUT2D eigenvalue weighted by molar-refractivity contribution is 6.24. The van der Waals surface area contributed by atoms with Crippen molar-refractivity contribution < 1.29 is 6.85 Å². The minimum Gasteiger partial charge on any atom is -0.0622 e. The van der Waals surface area contributed by atoms with Gasteiger partial charge in [-0.1, -0.05) is 194 Å². The maximum atomic E-state index is 8.67. The number of rotatable bonds is 5. The lowest BCUT2D eigenvalue weighted by atomic mass is 9.81.